The summed E-state index contributed by atoms with van der Waals surface area (Å²) in [6.45, 7) is 1.97. The van der Waals surface area contributed by atoms with E-state index in [9.17, 15) is 10.1 Å². The molecule has 0 aliphatic rings. The topological polar surface area (TPSA) is 65.8 Å². The lowest BCUT2D eigenvalue weighted by Crippen LogP contribution is -2.13. The molecule has 122 valence electrons. The molecule has 5 heteroatoms. The first-order valence-electron chi connectivity index (χ1n) is 7.66. The third kappa shape index (κ3) is 4.19. The van der Waals surface area contributed by atoms with Gasteiger partial charge in [0, 0.05) is 16.6 Å². The summed E-state index contributed by atoms with van der Waals surface area (Å²) in [6.07, 6.45) is 1.51. The summed E-state index contributed by atoms with van der Waals surface area (Å²) < 4.78 is 0. The quantitative estimate of drug-likeness (QED) is 0.552. The highest BCUT2D eigenvalue weighted by Crippen LogP contribution is 2.23. The third-order valence-corrected chi connectivity index (χ3v) is 4.33. The predicted octanol–water partition coefficient (Wildman–Crippen LogP) is 4.66. The van der Waals surface area contributed by atoms with Crippen LogP contribution >= 0.6 is 11.3 Å². The summed E-state index contributed by atoms with van der Waals surface area (Å²) >= 11 is 1.40. The van der Waals surface area contributed by atoms with Gasteiger partial charge in [-0.05, 0) is 25.1 Å². The third-order valence-electron chi connectivity index (χ3n) is 3.53. The number of aromatic nitrogens is 1. The van der Waals surface area contributed by atoms with Crippen molar-refractivity contribution in [2.75, 3.05) is 5.32 Å². The Bertz CT molecular complexity index is 951. The first kappa shape index (κ1) is 16.6. The fraction of sp³-hybridized carbons (Fsp3) is 0.0500. The van der Waals surface area contributed by atoms with Crippen LogP contribution in [0.25, 0.3) is 17.3 Å². The van der Waals surface area contributed by atoms with Gasteiger partial charge >= 0.3 is 0 Å². The second-order valence-corrected chi connectivity index (χ2v) is 6.32. The van der Waals surface area contributed by atoms with Crippen LogP contribution in [-0.2, 0) is 4.79 Å². The molecule has 0 unspecified atom stereocenters. The number of aryl methyl sites for hydroxylation is 1. The predicted molar refractivity (Wildman–Crippen MR) is 101 cm³/mol. The minimum absolute atomic E-state index is 0.0227. The molecular weight excluding hydrogens is 330 g/mol. The SMILES string of the molecule is Cc1ccc(NC(=O)C(C#N)=Cc2nc(-c3ccccc3)cs2)cc1. The van der Waals surface area contributed by atoms with Crippen LogP contribution in [0.3, 0.4) is 0 Å². The molecule has 25 heavy (non-hydrogen) atoms. The number of carbonyl (C=O) groups excluding carboxylic acids is 1. The van der Waals surface area contributed by atoms with E-state index in [1.807, 2.05) is 60.8 Å². The Morgan fingerprint density at radius 3 is 2.56 bits per heavy atom. The van der Waals surface area contributed by atoms with Crippen molar-refractivity contribution < 1.29 is 4.79 Å². The van der Waals surface area contributed by atoms with Crippen molar-refractivity contribution in [1.82, 2.24) is 4.98 Å². The molecule has 0 radical (unpaired) electrons. The highest BCUT2D eigenvalue weighted by atomic mass is 32.1. The van der Waals surface area contributed by atoms with Gasteiger partial charge in [0.1, 0.15) is 16.6 Å². The van der Waals surface area contributed by atoms with E-state index < -0.39 is 5.91 Å². The smallest absolute Gasteiger partial charge is 0.266 e. The number of nitriles is 1. The van der Waals surface area contributed by atoms with Crippen molar-refractivity contribution in [2.45, 2.75) is 6.92 Å². The molecule has 4 nitrogen and oxygen atoms in total. The number of amides is 1. The van der Waals surface area contributed by atoms with E-state index in [0.29, 0.717) is 10.7 Å². The molecule has 0 fully saturated rings. The minimum Gasteiger partial charge on any atom is -0.321 e. The zero-order valence-corrected chi connectivity index (χ0v) is 14.4. The molecule has 2 aromatic carbocycles. The van der Waals surface area contributed by atoms with Crippen LogP contribution in [0.5, 0.6) is 0 Å². The fourth-order valence-corrected chi connectivity index (χ4v) is 2.96. The normalized spacial score (nSPS) is 11.0. The number of hydrogen-bond acceptors (Lipinski definition) is 4. The lowest BCUT2D eigenvalue weighted by molar-refractivity contribution is -0.112. The molecule has 0 saturated heterocycles. The van der Waals surface area contributed by atoms with Crippen molar-refractivity contribution in [3.05, 3.63) is 76.1 Å². The molecule has 0 spiro atoms. The number of nitrogens with one attached hydrogen (secondary N) is 1. The zero-order valence-electron chi connectivity index (χ0n) is 13.6. The Morgan fingerprint density at radius 1 is 1.16 bits per heavy atom. The molecule has 0 saturated carbocycles. The Kier molecular flexibility index (Phi) is 5.03. The van der Waals surface area contributed by atoms with Crippen LogP contribution in [0.15, 0.2) is 65.6 Å². The number of rotatable bonds is 4. The van der Waals surface area contributed by atoms with Gasteiger partial charge in [-0.25, -0.2) is 4.98 Å². The number of hydrogen-bond donors (Lipinski definition) is 1. The molecule has 1 aromatic heterocycles. The van der Waals surface area contributed by atoms with Gasteiger partial charge in [0.2, 0.25) is 0 Å². The van der Waals surface area contributed by atoms with Crippen molar-refractivity contribution in [3.63, 3.8) is 0 Å². The van der Waals surface area contributed by atoms with Gasteiger partial charge in [-0.15, -0.1) is 11.3 Å². The molecule has 1 amide bonds. The molecule has 1 N–H and O–H groups in total. The maximum Gasteiger partial charge on any atom is 0.266 e. The van der Waals surface area contributed by atoms with Crippen LogP contribution in [0.2, 0.25) is 0 Å². The van der Waals surface area contributed by atoms with Crippen LogP contribution in [0.4, 0.5) is 5.69 Å². The van der Waals surface area contributed by atoms with E-state index in [1.54, 1.807) is 12.1 Å². The number of nitrogens with zero attached hydrogens (tertiary/aromatic N) is 2. The number of carbonyl (C=O) groups is 1. The summed E-state index contributed by atoms with van der Waals surface area (Å²) in [5.74, 6) is -0.442. The van der Waals surface area contributed by atoms with Crippen molar-refractivity contribution in [3.8, 4) is 17.3 Å². The van der Waals surface area contributed by atoms with E-state index in [-0.39, 0.29) is 5.57 Å². The lowest BCUT2D eigenvalue weighted by atomic mass is 10.2. The van der Waals surface area contributed by atoms with Crippen molar-refractivity contribution >= 4 is 29.0 Å². The Morgan fingerprint density at radius 2 is 1.88 bits per heavy atom. The number of anilines is 1. The van der Waals surface area contributed by atoms with E-state index in [1.165, 1.54) is 17.4 Å². The molecule has 3 rings (SSSR count). The van der Waals surface area contributed by atoms with Crippen LogP contribution < -0.4 is 5.32 Å². The van der Waals surface area contributed by atoms with Crippen molar-refractivity contribution in [2.24, 2.45) is 0 Å². The fourth-order valence-electron chi connectivity index (χ4n) is 2.20. The van der Waals surface area contributed by atoms with Crippen LogP contribution in [-0.4, -0.2) is 10.9 Å². The summed E-state index contributed by atoms with van der Waals surface area (Å²) in [4.78, 5) is 16.8. The molecule has 0 aliphatic heterocycles. The monoisotopic (exact) mass is 345 g/mol. The highest BCUT2D eigenvalue weighted by Gasteiger charge is 2.11. The Labute approximate surface area is 150 Å². The first-order valence-corrected chi connectivity index (χ1v) is 8.54. The van der Waals surface area contributed by atoms with Gasteiger partial charge in [0.05, 0.1) is 5.69 Å². The standard InChI is InChI=1S/C20H15N3OS/c1-14-7-9-17(10-8-14)22-20(24)16(12-21)11-19-23-18(13-25-19)15-5-3-2-4-6-15/h2-11,13H,1H3,(H,22,24). The summed E-state index contributed by atoms with van der Waals surface area (Å²) in [7, 11) is 0. The van der Waals surface area contributed by atoms with Gasteiger partial charge in [0.15, 0.2) is 0 Å². The molecule has 0 bridgehead atoms. The molecule has 0 aliphatic carbocycles. The molecule has 1 heterocycles. The minimum atomic E-state index is -0.442. The maximum atomic E-state index is 12.3. The highest BCUT2D eigenvalue weighted by molar-refractivity contribution is 7.10. The number of benzene rings is 2. The Balaban J connectivity index is 1.78. The molecule has 3 aromatic rings. The first-order chi connectivity index (χ1) is 12.2. The largest absolute Gasteiger partial charge is 0.321 e. The van der Waals surface area contributed by atoms with Crippen molar-refractivity contribution in [1.29, 1.82) is 5.26 Å². The number of thiazole rings is 1. The molecule has 0 atom stereocenters. The molecular formula is C20H15N3OS. The summed E-state index contributed by atoms with van der Waals surface area (Å²) in [5, 5.41) is 14.6. The van der Waals surface area contributed by atoms with Gasteiger partial charge in [-0.3, -0.25) is 4.79 Å². The van der Waals surface area contributed by atoms with Crippen LogP contribution in [0, 0.1) is 18.3 Å². The van der Waals surface area contributed by atoms with E-state index in [2.05, 4.69) is 10.3 Å². The van der Waals surface area contributed by atoms with Gasteiger partial charge in [0.25, 0.3) is 5.91 Å². The zero-order chi connectivity index (χ0) is 17.6. The van der Waals surface area contributed by atoms with Crippen LogP contribution in [0.1, 0.15) is 10.6 Å². The maximum absolute atomic E-state index is 12.3. The van der Waals surface area contributed by atoms with E-state index in [0.717, 1.165) is 16.8 Å². The van der Waals surface area contributed by atoms with E-state index in [4.69, 9.17) is 0 Å². The summed E-state index contributed by atoms with van der Waals surface area (Å²) in [6, 6.07) is 19.1. The second-order valence-electron chi connectivity index (χ2n) is 5.43. The van der Waals surface area contributed by atoms with E-state index >= 15 is 0 Å². The summed E-state index contributed by atoms with van der Waals surface area (Å²) in [5.41, 5.74) is 3.61. The second kappa shape index (κ2) is 7.56. The average Bonchev–Trinajstić information content (AvgIpc) is 3.11. The Hall–Kier alpha value is -3.23. The average molecular weight is 345 g/mol. The van der Waals surface area contributed by atoms with Gasteiger partial charge in [-0.2, -0.15) is 5.26 Å². The van der Waals surface area contributed by atoms with Gasteiger partial charge in [-0.1, -0.05) is 48.0 Å². The van der Waals surface area contributed by atoms with Gasteiger partial charge < -0.3 is 5.32 Å². The lowest BCUT2D eigenvalue weighted by Gasteiger charge is -2.04.